The molecule has 0 fully saturated rings. The summed E-state index contributed by atoms with van der Waals surface area (Å²) in [5, 5.41) is 3.48. The van der Waals surface area contributed by atoms with Gasteiger partial charge in [0.1, 0.15) is 0 Å². The molecule has 15 heavy (non-hydrogen) atoms. The second-order valence-electron chi connectivity index (χ2n) is 4.55. The van der Waals surface area contributed by atoms with E-state index in [-0.39, 0.29) is 0 Å². The molecule has 0 aromatic heterocycles. The fraction of sp³-hybridized carbons (Fsp3) is 0.571. The molecule has 1 aromatic carbocycles. The van der Waals surface area contributed by atoms with Gasteiger partial charge in [0.25, 0.3) is 0 Å². The van der Waals surface area contributed by atoms with Gasteiger partial charge in [-0.1, -0.05) is 57.0 Å². The van der Waals surface area contributed by atoms with Crippen LogP contribution in [0.2, 0.25) is 0 Å². The highest BCUT2D eigenvalue weighted by atomic mass is 14.8. The van der Waals surface area contributed by atoms with Crippen molar-refractivity contribution in [3.8, 4) is 0 Å². The van der Waals surface area contributed by atoms with Gasteiger partial charge in [0.15, 0.2) is 0 Å². The van der Waals surface area contributed by atoms with Gasteiger partial charge in [-0.2, -0.15) is 0 Å². The van der Waals surface area contributed by atoms with Crippen molar-refractivity contribution in [3.05, 3.63) is 35.9 Å². The van der Waals surface area contributed by atoms with E-state index in [1.807, 2.05) is 0 Å². The Balaban J connectivity index is 1.98. The highest BCUT2D eigenvalue weighted by molar-refractivity contribution is 5.14. The summed E-state index contributed by atoms with van der Waals surface area (Å²) in [6.45, 7) is 6.72. The Kier molecular flexibility index (Phi) is 6.10. The summed E-state index contributed by atoms with van der Waals surface area (Å²) in [4.78, 5) is 0. The van der Waals surface area contributed by atoms with Crippen molar-refractivity contribution >= 4 is 0 Å². The minimum Gasteiger partial charge on any atom is -0.313 e. The maximum absolute atomic E-state index is 3.48. The number of hydrogen-bond donors (Lipinski definition) is 1. The number of nitrogens with one attached hydrogen (secondary N) is 1. The van der Waals surface area contributed by atoms with Crippen LogP contribution in [0, 0.1) is 5.92 Å². The Bertz CT molecular complexity index is 241. The molecule has 0 aliphatic carbocycles. The Labute approximate surface area is 93.9 Å². The van der Waals surface area contributed by atoms with Crippen LogP contribution < -0.4 is 5.32 Å². The van der Waals surface area contributed by atoms with E-state index in [2.05, 4.69) is 49.5 Å². The first-order valence-electron chi connectivity index (χ1n) is 6.03. The summed E-state index contributed by atoms with van der Waals surface area (Å²) in [5.74, 6) is 0.846. The van der Waals surface area contributed by atoms with E-state index in [0.717, 1.165) is 19.0 Å². The van der Waals surface area contributed by atoms with Gasteiger partial charge in [-0.25, -0.2) is 0 Å². The molecular formula is C14H23N. The van der Waals surface area contributed by atoms with E-state index in [1.54, 1.807) is 0 Å². The first-order chi connectivity index (χ1) is 7.29. The lowest BCUT2D eigenvalue weighted by molar-refractivity contribution is 0.520. The normalized spacial score (nSPS) is 10.9. The molecule has 0 bridgehead atoms. The highest BCUT2D eigenvalue weighted by Crippen LogP contribution is 2.05. The lowest BCUT2D eigenvalue weighted by atomic mass is 10.1. The van der Waals surface area contributed by atoms with Crippen LogP contribution in [0.25, 0.3) is 0 Å². The predicted octanol–water partition coefficient (Wildman–Crippen LogP) is 3.60. The van der Waals surface area contributed by atoms with Gasteiger partial charge >= 0.3 is 0 Å². The molecule has 0 aliphatic rings. The highest BCUT2D eigenvalue weighted by Gasteiger charge is 1.94. The first-order valence-corrected chi connectivity index (χ1v) is 6.03. The SMILES string of the molecule is CC(C)CCCCNCc1ccccc1. The van der Waals surface area contributed by atoms with Crippen LogP contribution in [-0.2, 0) is 6.54 Å². The molecule has 84 valence electrons. The zero-order valence-corrected chi connectivity index (χ0v) is 10.00. The molecule has 0 spiro atoms. The Hall–Kier alpha value is -0.820. The van der Waals surface area contributed by atoms with Gasteiger partial charge in [-0.05, 0) is 24.4 Å². The van der Waals surface area contributed by atoms with Crippen molar-refractivity contribution in [2.24, 2.45) is 5.92 Å². The van der Waals surface area contributed by atoms with Gasteiger partial charge in [0.05, 0.1) is 0 Å². The second kappa shape index (κ2) is 7.47. The summed E-state index contributed by atoms with van der Waals surface area (Å²) in [6, 6.07) is 10.6. The fourth-order valence-electron chi connectivity index (χ4n) is 1.63. The van der Waals surface area contributed by atoms with Gasteiger partial charge in [-0.3, -0.25) is 0 Å². The Morgan fingerprint density at radius 2 is 1.80 bits per heavy atom. The third kappa shape index (κ3) is 6.29. The smallest absolute Gasteiger partial charge is 0.0205 e. The Morgan fingerprint density at radius 1 is 1.07 bits per heavy atom. The van der Waals surface area contributed by atoms with E-state index in [1.165, 1.54) is 24.8 Å². The van der Waals surface area contributed by atoms with Gasteiger partial charge in [0.2, 0.25) is 0 Å². The lowest BCUT2D eigenvalue weighted by Crippen LogP contribution is -2.14. The molecule has 1 aromatic rings. The number of rotatable bonds is 7. The van der Waals surface area contributed by atoms with Crippen molar-refractivity contribution < 1.29 is 0 Å². The molecule has 1 nitrogen and oxygen atoms in total. The zero-order chi connectivity index (χ0) is 10.9. The van der Waals surface area contributed by atoms with Crippen LogP contribution in [0.3, 0.4) is 0 Å². The average Bonchev–Trinajstić information content (AvgIpc) is 2.24. The molecular weight excluding hydrogens is 182 g/mol. The van der Waals surface area contributed by atoms with Crippen LogP contribution in [-0.4, -0.2) is 6.54 Å². The molecule has 1 rings (SSSR count). The number of hydrogen-bond acceptors (Lipinski definition) is 1. The van der Waals surface area contributed by atoms with Gasteiger partial charge in [-0.15, -0.1) is 0 Å². The minimum absolute atomic E-state index is 0.846. The quantitative estimate of drug-likeness (QED) is 0.671. The third-order valence-electron chi connectivity index (χ3n) is 2.56. The van der Waals surface area contributed by atoms with Gasteiger partial charge < -0.3 is 5.32 Å². The van der Waals surface area contributed by atoms with Crippen molar-refractivity contribution in [3.63, 3.8) is 0 Å². The molecule has 0 heterocycles. The molecule has 0 saturated heterocycles. The predicted molar refractivity (Wildman–Crippen MR) is 66.8 cm³/mol. The molecule has 0 saturated carbocycles. The number of unbranched alkanes of at least 4 members (excludes halogenated alkanes) is 1. The van der Waals surface area contributed by atoms with E-state index in [4.69, 9.17) is 0 Å². The monoisotopic (exact) mass is 205 g/mol. The van der Waals surface area contributed by atoms with Crippen molar-refractivity contribution in [2.75, 3.05) is 6.54 Å². The molecule has 1 N–H and O–H groups in total. The van der Waals surface area contributed by atoms with E-state index < -0.39 is 0 Å². The van der Waals surface area contributed by atoms with Gasteiger partial charge in [0, 0.05) is 6.54 Å². The first kappa shape index (κ1) is 12.3. The summed E-state index contributed by atoms with van der Waals surface area (Å²) >= 11 is 0. The summed E-state index contributed by atoms with van der Waals surface area (Å²) in [6.07, 6.45) is 4.00. The van der Waals surface area contributed by atoms with Crippen LogP contribution in [0.4, 0.5) is 0 Å². The van der Waals surface area contributed by atoms with Crippen LogP contribution in [0.1, 0.15) is 38.7 Å². The average molecular weight is 205 g/mol. The van der Waals surface area contributed by atoms with Crippen molar-refractivity contribution in [2.45, 2.75) is 39.7 Å². The molecule has 0 amide bonds. The topological polar surface area (TPSA) is 12.0 Å². The molecule has 1 heteroatoms. The van der Waals surface area contributed by atoms with E-state index in [9.17, 15) is 0 Å². The fourth-order valence-corrected chi connectivity index (χ4v) is 1.63. The standard InChI is InChI=1S/C14H23N/c1-13(2)8-6-7-11-15-12-14-9-4-3-5-10-14/h3-5,9-10,13,15H,6-8,11-12H2,1-2H3. The molecule has 0 aliphatic heterocycles. The zero-order valence-electron chi connectivity index (χ0n) is 10.00. The van der Waals surface area contributed by atoms with E-state index >= 15 is 0 Å². The van der Waals surface area contributed by atoms with Crippen LogP contribution in [0.5, 0.6) is 0 Å². The van der Waals surface area contributed by atoms with E-state index in [0.29, 0.717) is 0 Å². The lowest BCUT2D eigenvalue weighted by Gasteiger charge is -2.06. The maximum Gasteiger partial charge on any atom is 0.0205 e. The molecule has 0 radical (unpaired) electrons. The Morgan fingerprint density at radius 3 is 2.47 bits per heavy atom. The summed E-state index contributed by atoms with van der Waals surface area (Å²) < 4.78 is 0. The molecule has 0 unspecified atom stereocenters. The third-order valence-corrected chi connectivity index (χ3v) is 2.56. The molecule has 0 atom stereocenters. The van der Waals surface area contributed by atoms with Crippen molar-refractivity contribution in [1.82, 2.24) is 5.32 Å². The van der Waals surface area contributed by atoms with Crippen molar-refractivity contribution in [1.29, 1.82) is 0 Å². The maximum atomic E-state index is 3.48. The summed E-state index contributed by atoms with van der Waals surface area (Å²) in [7, 11) is 0. The minimum atomic E-state index is 0.846. The second-order valence-corrected chi connectivity index (χ2v) is 4.55. The summed E-state index contributed by atoms with van der Waals surface area (Å²) in [5.41, 5.74) is 1.38. The largest absolute Gasteiger partial charge is 0.313 e. The number of benzene rings is 1. The van der Waals surface area contributed by atoms with Crippen LogP contribution >= 0.6 is 0 Å². The van der Waals surface area contributed by atoms with Crippen LogP contribution in [0.15, 0.2) is 30.3 Å².